The quantitative estimate of drug-likeness (QED) is 0.394. The first-order valence-corrected chi connectivity index (χ1v) is 9.15. The first-order chi connectivity index (χ1) is 13.6. The zero-order valence-electron chi connectivity index (χ0n) is 16.7. The lowest BCUT2D eigenvalue weighted by atomic mass is 10.1. The Bertz CT molecular complexity index is 821. The van der Waals surface area contributed by atoms with Crippen molar-refractivity contribution in [2.24, 2.45) is 4.99 Å². The van der Waals surface area contributed by atoms with Gasteiger partial charge in [0.1, 0.15) is 5.82 Å². The zero-order valence-corrected chi connectivity index (χ0v) is 16.7. The molecule has 2 aromatic rings. The van der Waals surface area contributed by atoms with E-state index in [1.54, 1.807) is 33.4 Å². The van der Waals surface area contributed by atoms with Crippen LogP contribution in [0.1, 0.15) is 16.7 Å². The number of hydrogen-bond acceptors (Lipinski definition) is 3. The lowest BCUT2D eigenvalue weighted by Gasteiger charge is -2.16. The molecule has 0 aliphatic carbocycles. The van der Waals surface area contributed by atoms with Crippen LogP contribution in [0, 0.1) is 5.82 Å². The minimum Gasteiger partial charge on any atom is -0.493 e. The number of ether oxygens (including phenoxy) is 2. The maximum Gasteiger partial charge on any atom is 0.191 e. The highest BCUT2D eigenvalue weighted by Crippen LogP contribution is 2.33. The van der Waals surface area contributed by atoms with Crippen LogP contribution in [0.25, 0.3) is 0 Å². The summed E-state index contributed by atoms with van der Waals surface area (Å²) in [7, 11) is 4.95. The van der Waals surface area contributed by atoms with Gasteiger partial charge in [-0.2, -0.15) is 0 Å². The first kappa shape index (κ1) is 21.3. The monoisotopic (exact) mass is 385 g/mol. The second-order valence-corrected chi connectivity index (χ2v) is 6.18. The number of guanidine groups is 1. The van der Waals surface area contributed by atoms with Gasteiger partial charge in [0.2, 0.25) is 0 Å². The van der Waals surface area contributed by atoms with Crippen molar-refractivity contribution < 1.29 is 13.9 Å². The average Bonchev–Trinajstić information content (AvgIpc) is 2.71. The van der Waals surface area contributed by atoms with Crippen molar-refractivity contribution in [1.82, 2.24) is 10.6 Å². The Morgan fingerprint density at radius 2 is 1.93 bits per heavy atom. The fourth-order valence-corrected chi connectivity index (χ4v) is 2.94. The van der Waals surface area contributed by atoms with Crippen LogP contribution in [0.15, 0.2) is 54.0 Å². The van der Waals surface area contributed by atoms with E-state index in [2.05, 4.69) is 28.3 Å². The van der Waals surface area contributed by atoms with Crippen LogP contribution in [0.2, 0.25) is 0 Å². The SMILES string of the molecule is C=CCc1cc(CNC(=NC)NCCc2ccccc2F)cc(OC)c1OC. The van der Waals surface area contributed by atoms with E-state index in [0.29, 0.717) is 43.2 Å². The lowest BCUT2D eigenvalue weighted by Crippen LogP contribution is -2.37. The van der Waals surface area contributed by atoms with E-state index in [-0.39, 0.29) is 5.82 Å². The number of hydrogen-bond donors (Lipinski definition) is 2. The summed E-state index contributed by atoms with van der Waals surface area (Å²) in [5, 5.41) is 6.47. The van der Waals surface area contributed by atoms with Crippen LogP contribution >= 0.6 is 0 Å². The summed E-state index contributed by atoms with van der Waals surface area (Å²) in [6.07, 6.45) is 3.09. The molecule has 0 atom stereocenters. The third kappa shape index (κ3) is 5.74. The number of allylic oxidation sites excluding steroid dienone is 1. The van der Waals surface area contributed by atoms with Gasteiger partial charge in [-0.25, -0.2) is 4.39 Å². The fraction of sp³-hybridized carbons (Fsp3) is 0.318. The van der Waals surface area contributed by atoms with Crippen LogP contribution in [0.5, 0.6) is 11.5 Å². The molecule has 0 amide bonds. The van der Waals surface area contributed by atoms with Gasteiger partial charge in [0.25, 0.3) is 0 Å². The molecule has 6 heteroatoms. The van der Waals surface area contributed by atoms with Crippen molar-refractivity contribution in [3.8, 4) is 11.5 Å². The van der Waals surface area contributed by atoms with Gasteiger partial charge in [0.05, 0.1) is 14.2 Å². The zero-order chi connectivity index (χ0) is 20.4. The predicted octanol–water partition coefficient (Wildman–Crippen LogP) is 3.48. The van der Waals surface area contributed by atoms with Crippen molar-refractivity contribution in [3.05, 3.63) is 71.6 Å². The molecule has 0 aromatic heterocycles. The van der Waals surface area contributed by atoms with Crippen LogP contribution in [-0.2, 0) is 19.4 Å². The summed E-state index contributed by atoms with van der Waals surface area (Å²) in [5.74, 6) is 1.86. The molecular formula is C22H28FN3O2. The molecule has 0 radical (unpaired) electrons. The van der Waals surface area contributed by atoms with Gasteiger partial charge >= 0.3 is 0 Å². The van der Waals surface area contributed by atoms with E-state index in [1.165, 1.54) is 6.07 Å². The fourth-order valence-electron chi connectivity index (χ4n) is 2.94. The molecule has 0 aliphatic heterocycles. The van der Waals surface area contributed by atoms with E-state index in [4.69, 9.17) is 9.47 Å². The second kappa shape index (κ2) is 11.0. The molecule has 0 unspecified atom stereocenters. The van der Waals surface area contributed by atoms with Crippen LogP contribution in [0.4, 0.5) is 4.39 Å². The Hall–Kier alpha value is -3.02. The highest BCUT2D eigenvalue weighted by Gasteiger charge is 2.12. The van der Waals surface area contributed by atoms with E-state index < -0.39 is 0 Å². The van der Waals surface area contributed by atoms with E-state index >= 15 is 0 Å². The van der Waals surface area contributed by atoms with Gasteiger partial charge in [0.15, 0.2) is 17.5 Å². The molecule has 2 N–H and O–H groups in total. The number of nitrogens with one attached hydrogen (secondary N) is 2. The number of halogens is 1. The molecule has 150 valence electrons. The molecule has 28 heavy (non-hydrogen) atoms. The van der Waals surface area contributed by atoms with Crippen molar-refractivity contribution in [2.75, 3.05) is 27.8 Å². The highest BCUT2D eigenvalue weighted by atomic mass is 19.1. The third-order valence-corrected chi connectivity index (χ3v) is 4.31. The third-order valence-electron chi connectivity index (χ3n) is 4.31. The van der Waals surface area contributed by atoms with Gasteiger partial charge in [-0.15, -0.1) is 6.58 Å². The molecule has 0 bridgehead atoms. The summed E-state index contributed by atoms with van der Waals surface area (Å²) in [6, 6.07) is 10.8. The maximum absolute atomic E-state index is 13.7. The highest BCUT2D eigenvalue weighted by molar-refractivity contribution is 5.79. The van der Waals surface area contributed by atoms with E-state index in [0.717, 1.165) is 16.9 Å². The number of methoxy groups -OCH3 is 2. The maximum atomic E-state index is 13.7. The largest absolute Gasteiger partial charge is 0.493 e. The molecule has 0 fully saturated rings. The van der Waals surface area contributed by atoms with Gasteiger partial charge in [-0.1, -0.05) is 24.3 Å². The molecular weight excluding hydrogens is 357 g/mol. The molecule has 0 aliphatic rings. The smallest absolute Gasteiger partial charge is 0.191 e. The molecule has 2 aromatic carbocycles. The molecule has 0 saturated carbocycles. The van der Waals surface area contributed by atoms with Gasteiger partial charge in [-0.3, -0.25) is 4.99 Å². The lowest BCUT2D eigenvalue weighted by molar-refractivity contribution is 0.352. The van der Waals surface area contributed by atoms with Gasteiger partial charge in [-0.05, 0) is 42.2 Å². The number of benzene rings is 2. The molecule has 0 spiro atoms. The van der Waals surface area contributed by atoms with Crippen LogP contribution in [-0.4, -0.2) is 33.8 Å². The number of nitrogens with zero attached hydrogens (tertiary/aromatic N) is 1. The molecule has 5 nitrogen and oxygen atoms in total. The Morgan fingerprint density at radius 1 is 1.14 bits per heavy atom. The Labute approximate surface area is 166 Å². The second-order valence-electron chi connectivity index (χ2n) is 6.18. The van der Waals surface area contributed by atoms with E-state index in [9.17, 15) is 4.39 Å². The van der Waals surface area contributed by atoms with Gasteiger partial charge < -0.3 is 20.1 Å². The average molecular weight is 385 g/mol. The Balaban J connectivity index is 1.98. The minimum atomic E-state index is -0.188. The molecule has 0 saturated heterocycles. The first-order valence-electron chi connectivity index (χ1n) is 9.15. The van der Waals surface area contributed by atoms with Gasteiger partial charge in [0, 0.05) is 25.7 Å². The topological polar surface area (TPSA) is 54.9 Å². The standard InChI is InChI=1S/C22H28FN3O2/c1-5-8-18-13-16(14-20(27-3)21(18)28-4)15-26-22(24-2)25-12-11-17-9-6-7-10-19(17)23/h5-7,9-10,13-14H,1,8,11-12,15H2,2-4H3,(H2,24,25,26). The minimum absolute atomic E-state index is 0.188. The van der Waals surface area contributed by atoms with Crippen LogP contribution < -0.4 is 20.1 Å². The predicted molar refractivity (Wildman–Crippen MR) is 112 cm³/mol. The Kier molecular flexibility index (Phi) is 8.34. The summed E-state index contributed by atoms with van der Waals surface area (Å²) < 4.78 is 24.6. The van der Waals surface area contributed by atoms with Crippen molar-refractivity contribution in [3.63, 3.8) is 0 Å². The summed E-state index contributed by atoms with van der Waals surface area (Å²) in [6.45, 7) is 4.94. The van der Waals surface area contributed by atoms with Crippen LogP contribution in [0.3, 0.4) is 0 Å². The Morgan fingerprint density at radius 3 is 2.57 bits per heavy atom. The van der Waals surface area contributed by atoms with Crippen molar-refractivity contribution in [1.29, 1.82) is 0 Å². The summed E-state index contributed by atoms with van der Waals surface area (Å²) >= 11 is 0. The normalized spacial score (nSPS) is 11.1. The van der Waals surface area contributed by atoms with E-state index in [1.807, 2.05) is 18.2 Å². The van der Waals surface area contributed by atoms with Crippen molar-refractivity contribution in [2.45, 2.75) is 19.4 Å². The number of rotatable bonds is 9. The molecule has 0 heterocycles. The summed E-state index contributed by atoms with van der Waals surface area (Å²) in [4.78, 5) is 4.22. The number of aliphatic imine (C=N–C) groups is 1. The molecule has 2 rings (SSSR count). The van der Waals surface area contributed by atoms with Crippen molar-refractivity contribution >= 4 is 5.96 Å². The summed E-state index contributed by atoms with van der Waals surface area (Å²) in [5.41, 5.74) is 2.72.